The number of hydrogen-bond donors (Lipinski definition) is 0. The Bertz CT molecular complexity index is 745. The lowest BCUT2D eigenvalue weighted by Gasteiger charge is -2.19. The van der Waals surface area contributed by atoms with Gasteiger partial charge in [-0.2, -0.15) is 0 Å². The highest BCUT2D eigenvalue weighted by Gasteiger charge is 2.24. The van der Waals surface area contributed by atoms with Crippen molar-refractivity contribution < 1.29 is 13.2 Å². The summed E-state index contributed by atoms with van der Waals surface area (Å²) in [5.41, 5.74) is 1.03. The molecule has 0 amide bonds. The van der Waals surface area contributed by atoms with Gasteiger partial charge in [0.15, 0.2) is 9.84 Å². The molecule has 1 aliphatic rings. The van der Waals surface area contributed by atoms with Gasteiger partial charge in [-0.15, -0.1) is 0 Å². The first-order valence-electron chi connectivity index (χ1n) is 7.73. The van der Waals surface area contributed by atoms with Crippen LogP contribution in [0.15, 0.2) is 53.7 Å². The first-order valence-corrected chi connectivity index (χ1v) is 9.38. The summed E-state index contributed by atoms with van der Waals surface area (Å²) in [6.07, 6.45) is 4.50. The van der Waals surface area contributed by atoms with Gasteiger partial charge in [0.05, 0.1) is 23.4 Å². The van der Waals surface area contributed by atoms with Crippen LogP contribution in [0.1, 0.15) is 13.3 Å². The van der Waals surface area contributed by atoms with Gasteiger partial charge in [-0.3, -0.25) is 4.98 Å². The Hall–Kier alpha value is -2.08. The molecule has 1 saturated heterocycles. The van der Waals surface area contributed by atoms with Crippen LogP contribution >= 0.6 is 0 Å². The van der Waals surface area contributed by atoms with E-state index in [1.165, 1.54) is 0 Å². The summed E-state index contributed by atoms with van der Waals surface area (Å²) in [5, 5.41) is 0. The number of pyridine rings is 1. The Kier molecular flexibility index (Phi) is 4.52. The Labute approximate surface area is 136 Å². The van der Waals surface area contributed by atoms with E-state index in [-0.39, 0.29) is 11.9 Å². The molecule has 0 radical (unpaired) electrons. The molecule has 1 aliphatic heterocycles. The van der Waals surface area contributed by atoms with E-state index >= 15 is 0 Å². The smallest absolute Gasteiger partial charge is 0.178 e. The number of benzene rings is 1. The van der Waals surface area contributed by atoms with Crippen LogP contribution in [-0.2, 0) is 9.84 Å². The summed E-state index contributed by atoms with van der Waals surface area (Å²) >= 11 is 0. The van der Waals surface area contributed by atoms with E-state index in [0.717, 1.165) is 30.9 Å². The topological polar surface area (TPSA) is 59.5 Å². The van der Waals surface area contributed by atoms with Crippen molar-refractivity contribution in [1.29, 1.82) is 0 Å². The molecule has 23 heavy (non-hydrogen) atoms. The van der Waals surface area contributed by atoms with Crippen molar-refractivity contribution in [3.8, 4) is 5.75 Å². The summed E-state index contributed by atoms with van der Waals surface area (Å²) in [6, 6.07) is 10.9. The zero-order chi connectivity index (χ0) is 16.3. The number of sulfone groups is 1. The highest BCUT2D eigenvalue weighted by molar-refractivity contribution is 7.91. The minimum Gasteiger partial charge on any atom is -0.487 e. The monoisotopic (exact) mass is 332 g/mol. The highest BCUT2D eigenvalue weighted by Crippen LogP contribution is 2.24. The average Bonchev–Trinajstić information content (AvgIpc) is 3.04. The van der Waals surface area contributed by atoms with Crippen LogP contribution in [0.2, 0.25) is 0 Å². The van der Waals surface area contributed by atoms with E-state index in [9.17, 15) is 8.42 Å². The van der Waals surface area contributed by atoms with Gasteiger partial charge < -0.3 is 9.64 Å². The maximum absolute atomic E-state index is 11.8. The maximum atomic E-state index is 11.8. The molecule has 0 aliphatic carbocycles. The lowest BCUT2D eigenvalue weighted by Crippen LogP contribution is -2.24. The first-order chi connectivity index (χ1) is 11.1. The van der Waals surface area contributed by atoms with E-state index in [0.29, 0.717) is 4.90 Å². The molecule has 1 fully saturated rings. The fraction of sp³-hybridized carbons (Fsp3) is 0.353. The molecule has 6 heteroatoms. The number of nitrogens with zero attached hydrogens (tertiary/aromatic N) is 2. The lowest BCUT2D eigenvalue weighted by atomic mass is 10.3. The number of aromatic nitrogens is 1. The van der Waals surface area contributed by atoms with Gasteiger partial charge >= 0.3 is 0 Å². The summed E-state index contributed by atoms with van der Waals surface area (Å²) < 4.78 is 29.6. The fourth-order valence-electron chi connectivity index (χ4n) is 2.70. The van der Waals surface area contributed by atoms with Crippen LogP contribution < -0.4 is 9.64 Å². The van der Waals surface area contributed by atoms with E-state index in [4.69, 9.17) is 4.74 Å². The van der Waals surface area contributed by atoms with Crippen molar-refractivity contribution in [2.75, 3.05) is 23.7 Å². The molecule has 5 nitrogen and oxygen atoms in total. The van der Waals surface area contributed by atoms with Crippen molar-refractivity contribution in [3.63, 3.8) is 0 Å². The van der Waals surface area contributed by atoms with Crippen molar-refractivity contribution >= 4 is 15.5 Å². The standard InChI is InChI=1S/C17H20N2O3S/c1-2-23(20,21)17-7-5-14(6-8-17)19-11-9-16(13-19)22-15-4-3-10-18-12-15/h3-8,10,12,16H,2,9,11,13H2,1H3/t16-/m0/s1. The van der Waals surface area contributed by atoms with Gasteiger partial charge in [-0.05, 0) is 36.4 Å². The minimum absolute atomic E-state index is 0.122. The second-order valence-corrected chi connectivity index (χ2v) is 7.84. The molecular weight excluding hydrogens is 312 g/mol. The van der Waals surface area contributed by atoms with E-state index in [1.807, 2.05) is 24.3 Å². The predicted octanol–water partition coefficient (Wildman–Crippen LogP) is 2.53. The van der Waals surface area contributed by atoms with E-state index in [2.05, 4.69) is 9.88 Å². The van der Waals surface area contributed by atoms with E-state index < -0.39 is 9.84 Å². The largest absolute Gasteiger partial charge is 0.487 e. The number of rotatable bonds is 5. The second-order valence-electron chi connectivity index (χ2n) is 5.56. The van der Waals surface area contributed by atoms with Crippen LogP contribution in [0.5, 0.6) is 5.75 Å². The Balaban J connectivity index is 1.65. The quantitative estimate of drug-likeness (QED) is 0.842. The fourth-order valence-corrected chi connectivity index (χ4v) is 3.58. The molecule has 2 heterocycles. The molecular formula is C17H20N2O3S. The van der Waals surface area contributed by atoms with Gasteiger partial charge in [0.2, 0.25) is 0 Å². The Morgan fingerprint density at radius 2 is 2.04 bits per heavy atom. The molecule has 0 unspecified atom stereocenters. The minimum atomic E-state index is -3.14. The zero-order valence-corrected chi connectivity index (χ0v) is 13.9. The number of hydrogen-bond acceptors (Lipinski definition) is 5. The van der Waals surface area contributed by atoms with Crippen molar-refractivity contribution in [3.05, 3.63) is 48.8 Å². The third kappa shape index (κ3) is 3.64. The molecule has 1 aromatic carbocycles. The van der Waals surface area contributed by atoms with Crippen LogP contribution in [0.3, 0.4) is 0 Å². The molecule has 0 bridgehead atoms. The SMILES string of the molecule is CCS(=O)(=O)c1ccc(N2CC[C@H](Oc3cccnc3)C2)cc1. The van der Waals surface area contributed by atoms with Crippen molar-refractivity contribution in [2.45, 2.75) is 24.3 Å². The predicted molar refractivity (Wildman–Crippen MR) is 89.7 cm³/mol. The summed E-state index contributed by atoms with van der Waals surface area (Å²) in [6.45, 7) is 3.34. The molecule has 122 valence electrons. The average molecular weight is 332 g/mol. The van der Waals surface area contributed by atoms with Crippen molar-refractivity contribution in [1.82, 2.24) is 4.98 Å². The molecule has 3 rings (SSSR count). The molecule has 0 N–H and O–H groups in total. The van der Waals surface area contributed by atoms with Gasteiger partial charge in [0.1, 0.15) is 11.9 Å². The maximum Gasteiger partial charge on any atom is 0.178 e. The molecule has 1 aromatic heterocycles. The lowest BCUT2D eigenvalue weighted by molar-refractivity contribution is 0.224. The van der Waals surface area contributed by atoms with Crippen LogP contribution in [-0.4, -0.2) is 38.3 Å². The number of ether oxygens (including phenoxy) is 1. The summed E-state index contributed by atoms with van der Waals surface area (Å²) in [5.74, 6) is 0.903. The number of anilines is 1. The highest BCUT2D eigenvalue weighted by atomic mass is 32.2. The van der Waals surface area contributed by atoms with Crippen molar-refractivity contribution in [2.24, 2.45) is 0 Å². The first kappa shape index (κ1) is 15.8. The Morgan fingerprint density at radius 1 is 1.26 bits per heavy atom. The van der Waals surface area contributed by atoms with Gasteiger partial charge in [0, 0.05) is 24.8 Å². The summed E-state index contributed by atoms with van der Waals surface area (Å²) in [4.78, 5) is 6.64. The molecule has 0 saturated carbocycles. The Morgan fingerprint density at radius 3 is 2.70 bits per heavy atom. The van der Waals surface area contributed by atoms with Crippen LogP contribution in [0, 0.1) is 0 Å². The van der Waals surface area contributed by atoms with Gasteiger partial charge in [0.25, 0.3) is 0 Å². The van der Waals surface area contributed by atoms with Gasteiger partial charge in [-0.1, -0.05) is 6.92 Å². The molecule has 0 spiro atoms. The zero-order valence-electron chi connectivity index (χ0n) is 13.1. The second kappa shape index (κ2) is 6.58. The normalized spacial score (nSPS) is 18.1. The van der Waals surface area contributed by atoms with Gasteiger partial charge in [-0.25, -0.2) is 8.42 Å². The van der Waals surface area contributed by atoms with Crippen LogP contribution in [0.4, 0.5) is 5.69 Å². The van der Waals surface area contributed by atoms with Crippen LogP contribution in [0.25, 0.3) is 0 Å². The third-order valence-corrected chi connectivity index (χ3v) is 5.77. The molecule has 2 aromatic rings. The third-order valence-electron chi connectivity index (χ3n) is 4.02. The summed E-state index contributed by atoms with van der Waals surface area (Å²) in [7, 11) is -3.14. The molecule has 1 atom stereocenters. The van der Waals surface area contributed by atoms with E-state index in [1.54, 1.807) is 31.5 Å².